The van der Waals surface area contributed by atoms with Crippen LogP contribution >= 0.6 is 0 Å². The van der Waals surface area contributed by atoms with Crippen molar-refractivity contribution >= 4 is 5.91 Å². The topological polar surface area (TPSA) is 58.4 Å². The first-order valence-electron chi connectivity index (χ1n) is 6.73. The molecular formula is C13H27N3O. The molecule has 0 heterocycles. The minimum Gasteiger partial charge on any atom is -0.353 e. The number of nitrogens with zero attached hydrogens (tertiary/aromatic N) is 1. The molecule has 0 radical (unpaired) electrons. The molecule has 0 aromatic carbocycles. The lowest BCUT2D eigenvalue weighted by Gasteiger charge is -2.29. The van der Waals surface area contributed by atoms with Crippen molar-refractivity contribution in [2.24, 2.45) is 5.73 Å². The number of rotatable bonds is 7. The Hall–Kier alpha value is -0.610. The van der Waals surface area contributed by atoms with Crippen molar-refractivity contribution in [3.63, 3.8) is 0 Å². The van der Waals surface area contributed by atoms with E-state index in [2.05, 4.69) is 24.2 Å². The lowest BCUT2D eigenvalue weighted by Crippen LogP contribution is -2.55. The van der Waals surface area contributed by atoms with Gasteiger partial charge >= 0.3 is 0 Å². The van der Waals surface area contributed by atoms with Gasteiger partial charge in [0, 0.05) is 18.6 Å². The molecule has 17 heavy (non-hydrogen) atoms. The van der Waals surface area contributed by atoms with Gasteiger partial charge in [0.15, 0.2) is 0 Å². The van der Waals surface area contributed by atoms with Crippen LogP contribution in [0.1, 0.15) is 46.5 Å². The van der Waals surface area contributed by atoms with Crippen LogP contribution in [-0.4, -0.2) is 42.0 Å². The number of hydrogen-bond donors (Lipinski definition) is 2. The third-order valence-electron chi connectivity index (χ3n) is 4.09. The summed E-state index contributed by atoms with van der Waals surface area (Å²) in [6, 6.07) is 1.10. The summed E-state index contributed by atoms with van der Waals surface area (Å²) in [7, 11) is 2.13. The molecule has 3 N–H and O–H groups in total. The number of carbonyl (C=O) groups excluding carboxylic acids is 1. The van der Waals surface area contributed by atoms with Gasteiger partial charge in [0.25, 0.3) is 0 Å². The SMILES string of the molecule is CCC(N)(CC)C(=O)NCC(C)N(C)C1CC1. The van der Waals surface area contributed by atoms with E-state index in [1.165, 1.54) is 12.8 Å². The zero-order valence-corrected chi connectivity index (χ0v) is 11.6. The van der Waals surface area contributed by atoms with Gasteiger partial charge in [-0.1, -0.05) is 13.8 Å². The summed E-state index contributed by atoms with van der Waals surface area (Å²) in [5.41, 5.74) is 5.35. The molecule has 0 bridgehead atoms. The summed E-state index contributed by atoms with van der Waals surface area (Å²) in [6.45, 7) is 6.76. The highest BCUT2D eigenvalue weighted by molar-refractivity contribution is 5.85. The van der Waals surface area contributed by atoms with Crippen LogP contribution in [-0.2, 0) is 4.79 Å². The average molecular weight is 241 g/mol. The summed E-state index contributed by atoms with van der Waals surface area (Å²) < 4.78 is 0. The Morgan fingerprint density at radius 3 is 2.41 bits per heavy atom. The zero-order chi connectivity index (χ0) is 13.1. The average Bonchev–Trinajstić information content (AvgIpc) is 3.17. The lowest BCUT2D eigenvalue weighted by molar-refractivity contribution is -0.126. The van der Waals surface area contributed by atoms with Gasteiger partial charge in [-0.15, -0.1) is 0 Å². The molecule has 1 aliphatic rings. The van der Waals surface area contributed by atoms with Crippen molar-refractivity contribution in [3.8, 4) is 0 Å². The predicted octanol–water partition coefficient (Wildman–Crippen LogP) is 1.10. The zero-order valence-electron chi connectivity index (χ0n) is 11.6. The van der Waals surface area contributed by atoms with Crippen LogP contribution in [0.4, 0.5) is 0 Å². The van der Waals surface area contributed by atoms with E-state index >= 15 is 0 Å². The number of hydrogen-bond acceptors (Lipinski definition) is 3. The van der Waals surface area contributed by atoms with E-state index in [0.717, 1.165) is 6.04 Å². The molecular weight excluding hydrogens is 214 g/mol. The van der Waals surface area contributed by atoms with Crippen molar-refractivity contribution in [3.05, 3.63) is 0 Å². The first-order chi connectivity index (χ1) is 7.94. The number of likely N-dealkylation sites (N-methyl/N-ethyl adjacent to an activating group) is 1. The highest BCUT2D eigenvalue weighted by Crippen LogP contribution is 2.26. The second-order valence-electron chi connectivity index (χ2n) is 5.32. The molecule has 1 rings (SSSR count). The molecule has 100 valence electrons. The fourth-order valence-electron chi connectivity index (χ4n) is 1.97. The molecule has 0 aromatic rings. The minimum absolute atomic E-state index is 0.0152. The number of nitrogens with one attached hydrogen (secondary N) is 1. The molecule has 1 amide bonds. The van der Waals surface area contributed by atoms with Gasteiger partial charge in [0.05, 0.1) is 5.54 Å². The van der Waals surface area contributed by atoms with Crippen LogP contribution in [0.5, 0.6) is 0 Å². The van der Waals surface area contributed by atoms with Crippen LogP contribution < -0.4 is 11.1 Å². The highest BCUT2D eigenvalue weighted by Gasteiger charge is 2.32. The van der Waals surface area contributed by atoms with Crippen LogP contribution in [0, 0.1) is 0 Å². The maximum Gasteiger partial charge on any atom is 0.240 e. The predicted molar refractivity (Wildman–Crippen MR) is 70.8 cm³/mol. The van der Waals surface area contributed by atoms with Crippen molar-refractivity contribution in [2.75, 3.05) is 13.6 Å². The van der Waals surface area contributed by atoms with E-state index < -0.39 is 5.54 Å². The fourth-order valence-corrected chi connectivity index (χ4v) is 1.97. The van der Waals surface area contributed by atoms with Crippen LogP contribution in [0.15, 0.2) is 0 Å². The summed E-state index contributed by atoms with van der Waals surface area (Å²) in [5.74, 6) is -0.0152. The molecule has 1 fully saturated rings. The highest BCUT2D eigenvalue weighted by atomic mass is 16.2. The van der Waals surface area contributed by atoms with Gasteiger partial charge in [0.1, 0.15) is 0 Å². The third-order valence-corrected chi connectivity index (χ3v) is 4.09. The smallest absolute Gasteiger partial charge is 0.240 e. The molecule has 0 aliphatic heterocycles. The standard InChI is InChI=1S/C13H27N3O/c1-5-13(14,6-2)12(17)15-9-10(3)16(4)11-7-8-11/h10-11H,5-9,14H2,1-4H3,(H,15,17). The molecule has 1 aliphatic carbocycles. The van der Waals surface area contributed by atoms with Crippen LogP contribution in [0.25, 0.3) is 0 Å². The lowest BCUT2D eigenvalue weighted by atomic mass is 9.93. The van der Waals surface area contributed by atoms with Gasteiger partial charge in [-0.05, 0) is 39.7 Å². The maximum absolute atomic E-state index is 12.0. The normalized spacial score (nSPS) is 18.2. The molecule has 1 unspecified atom stereocenters. The first-order valence-corrected chi connectivity index (χ1v) is 6.73. The molecule has 4 heteroatoms. The van der Waals surface area contributed by atoms with Crippen molar-refractivity contribution in [1.29, 1.82) is 0 Å². The first kappa shape index (κ1) is 14.5. The number of amides is 1. The Kier molecular flexibility index (Phi) is 4.95. The Morgan fingerprint density at radius 1 is 1.47 bits per heavy atom. The molecule has 0 aromatic heterocycles. The molecule has 1 saturated carbocycles. The quantitative estimate of drug-likeness (QED) is 0.702. The van der Waals surface area contributed by atoms with Gasteiger partial charge < -0.3 is 11.1 Å². The number of carbonyl (C=O) groups is 1. The second kappa shape index (κ2) is 5.83. The third kappa shape index (κ3) is 3.68. The van der Waals surface area contributed by atoms with E-state index in [-0.39, 0.29) is 5.91 Å². The van der Waals surface area contributed by atoms with Crippen molar-refractivity contribution in [1.82, 2.24) is 10.2 Å². The summed E-state index contributed by atoms with van der Waals surface area (Å²) >= 11 is 0. The monoisotopic (exact) mass is 241 g/mol. The Bertz CT molecular complexity index is 259. The largest absolute Gasteiger partial charge is 0.353 e. The summed E-state index contributed by atoms with van der Waals surface area (Å²) in [5, 5.41) is 2.98. The Morgan fingerprint density at radius 2 is 2.00 bits per heavy atom. The van der Waals surface area contributed by atoms with Gasteiger partial charge in [0.2, 0.25) is 5.91 Å². The fraction of sp³-hybridized carbons (Fsp3) is 0.923. The van der Waals surface area contributed by atoms with E-state index in [9.17, 15) is 4.79 Å². The van der Waals surface area contributed by atoms with Crippen LogP contribution in [0.2, 0.25) is 0 Å². The molecule has 0 spiro atoms. The van der Waals surface area contributed by atoms with Gasteiger partial charge in [-0.25, -0.2) is 0 Å². The second-order valence-corrected chi connectivity index (χ2v) is 5.32. The van der Waals surface area contributed by atoms with Crippen molar-refractivity contribution in [2.45, 2.75) is 64.1 Å². The Balaban J connectivity index is 2.36. The van der Waals surface area contributed by atoms with Gasteiger partial charge in [-0.2, -0.15) is 0 Å². The van der Waals surface area contributed by atoms with Gasteiger partial charge in [-0.3, -0.25) is 9.69 Å². The van der Waals surface area contributed by atoms with E-state index in [1.807, 2.05) is 13.8 Å². The maximum atomic E-state index is 12.0. The Labute approximate surface area is 105 Å². The minimum atomic E-state index is -0.697. The number of nitrogens with two attached hydrogens (primary N) is 1. The van der Waals surface area contributed by atoms with Crippen LogP contribution in [0.3, 0.4) is 0 Å². The molecule has 1 atom stereocenters. The van der Waals surface area contributed by atoms with E-state index in [0.29, 0.717) is 25.4 Å². The summed E-state index contributed by atoms with van der Waals surface area (Å²) in [6.07, 6.45) is 3.95. The molecule has 0 saturated heterocycles. The summed E-state index contributed by atoms with van der Waals surface area (Å²) in [4.78, 5) is 14.3. The van der Waals surface area contributed by atoms with E-state index in [4.69, 9.17) is 5.73 Å². The van der Waals surface area contributed by atoms with E-state index in [1.54, 1.807) is 0 Å². The van der Waals surface area contributed by atoms with Crippen molar-refractivity contribution < 1.29 is 4.79 Å². The molecule has 4 nitrogen and oxygen atoms in total.